The monoisotopic (exact) mass is 382 g/mol. The van der Waals surface area contributed by atoms with Crippen LogP contribution >= 0.6 is 0 Å². The number of methoxy groups -OCH3 is 2. The Morgan fingerprint density at radius 2 is 1.79 bits per heavy atom. The highest BCUT2D eigenvalue weighted by molar-refractivity contribution is 5.82. The number of rotatable bonds is 7. The van der Waals surface area contributed by atoms with E-state index in [-0.39, 0.29) is 6.04 Å². The maximum absolute atomic E-state index is 11.0. The number of ether oxygens (including phenoxy) is 2. The summed E-state index contributed by atoms with van der Waals surface area (Å²) in [6.07, 6.45) is 4.04. The Morgan fingerprint density at radius 3 is 2.39 bits per heavy atom. The summed E-state index contributed by atoms with van der Waals surface area (Å²) in [6, 6.07) is 14.2. The first-order chi connectivity index (χ1) is 13.5. The van der Waals surface area contributed by atoms with Gasteiger partial charge >= 0.3 is 0 Å². The van der Waals surface area contributed by atoms with Crippen LogP contribution in [0.1, 0.15) is 31.9 Å². The van der Waals surface area contributed by atoms with Gasteiger partial charge in [-0.1, -0.05) is 37.3 Å². The summed E-state index contributed by atoms with van der Waals surface area (Å²) in [4.78, 5) is 15.9. The molecule has 3 aromatic rings. The standard InChI is InChI=1S/C13H19NO3.C10H11N/c1-10(2)14(9-15)8-11-6-5-7-12(16-3)13(11)17-4;1-2-8-7-11-10-6-4-3-5-9(8)10/h5-7,9-10H,8H2,1-4H3;3-7,11H,2H2,1H3. The van der Waals surface area contributed by atoms with E-state index < -0.39 is 0 Å². The smallest absolute Gasteiger partial charge is 0.210 e. The van der Waals surface area contributed by atoms with E-state index >= 15 is 0 Å². The fourth-order valence-electron chi connectivity index (χ4n) is 3.04. The molecule has 0 saturated carbocycles. The van der Waals surface area contributed by atoms with Crippen molar-refractivity contribution in [2.45, 2.75) is 39.8 Å². The van der Waals surface area contributed by atoms with E-state index in [1.807, 2.05) is 32.0 Å². The van der Waals surface area contributed by atoms with Crippen molar-refractivity contribution in [3.63, 3.8) is 0 Å². The van der Waals surface area contributed by atoms with Crippen LogP contribution in [0.15, 0.2) is 48.7 Å². The molecule has 1 heterocycles. The fourth-order valence-corrected chi connectivity index (χ4v) is 3.04. The van der Waals surface area contributed by atoms with Gasteiger partial charge in [-0.3, -0.25) is 4.79 Å². The molecule has 28 heavy (non-hydrogen) atoms. The van der Waals surface area contributed by atoms with E-state index in [1.54, 1.807) is 19.1 Å². The number of aryl methyl sites for hydroxylation is 1. The second kappa shape index (κ2) is 10.4. The summed E-state index contributed by atoms with van der Waals surface area (Å²) in [5, 5.41) is 1.36. The predicted octanol–water partition coefficient (Wildman–Crippen LogP) is 4.80. The molecule has 150 valence electrons. The van der Waals surface area contributed by atoms with Crippen molar-refractivity contribution in [3.05, 3.63) is 59.8 Å². The molecular formula is C23H30N2O3. The van der Waals surface area contributed by atoms with Crippen LogP contribution in [0.5, 0.6) is 11.5 Å². The van der Waals surface area contributed by atoms with Gasteiger partial charge in [0.05, 0.1) is 14.2 Å². The maximum atomic E-state index is 11.0. The van der Waals surface area contributed by atoms with Crippen molar-refractivity contribution < 1.29 is 14.3 Å². The highest BCUT2D eigenvalue weighted by atomic mass is 16.5. The minimum absolute atomic E-state index is 0.156. The van der Waals surface area contributed by atoms with Gasteiger partial charge in [-0.05, 0) is 38.0 Å². The van der Waals surface area contributed by atoms with Crippen LogP contribution in [-0.2, 0) is 17.8 Å². The minimum atomic E-state index is 0.156. The normalized spacial score (nSPS) is 10.4. The van der Waals surface area contributed by atoms with Gasteiger partial charge < -0.3 is 19.4 Å². The Balaban J connectivity index is 0.000000218. The Kier molecular flexibility index (Phi) is 7.93. The van der Waals surface area contributed by atoms with Crippen LogP contribution in [-0.4, -0.2) is 36.6 Å². The lowest BCUT2D eigenvalue weighted by atomic mass is 10.1. The van der Waals surface area contributed by atoms with Gasteiger partial charge in [0.15, 0.2) is 11.5 Å². The number of aromatic nitrogens is 1. The summed E-state index contributed by atoms with van der Waals surface area (Å²) >= 11 is 0. The highest BCUT2D eigenvalue weighted by Crippen LogP contribution is 2.31. The van der Waals surface area contributed by atoms with Crippen LogP contribution < -0.4 is 9.47 Å². The number of fused-ring (bicyclic) bond motifs is 1. The molecule has 3 rings (SSSR count). The van der Waals surface area contributed by atoms with Crippen molar-refractivity contribution in [2.24, 2.45) is 0 Å². The molecule has 0 atom stereocenters. The summed E-state index contributed by atoms with van der Waals surface area (Å²) in [7, 11) is 3.20. The van der Waals surface area contributed by atoms with Crippen molar-refractivity contribution >= 4 is 17.3 Å². The first-order valence-corrected chi connectivity index (χ1v) is 9.51. The third-order valence-electron chi connectivity index (χ3n) is 4.69. The molecule has 0 aliphatic carbocycles. The molecule has 2 aromatic carbocycles. The lowest BCUT2D eigenvalue weighted by Crippen LogP contribution is -2.28. The molecule has 5 heteroatoms. The molecule has 0 aliphatic heterocycles. The largest absolute Gasteiger partial charge is 0.493 e. The number of aromatic amines is 1. The van der Waals surface area contributed by atoms with Gasteiger partial charge in [-0.25, -0.2) is 0 Å². The number of H-pyrrole nitrogens is 1. The second-order valence-electron chi connectivity index (χ2n) is 6.74. The molecule has 0 aliphatic rings. The van der Waals surface area contributed by atoms with E-state index in [2.05, 4.69) is 42.4 Å². The number of benzene rings is 2. The number of nitrogens with zero attached hydrogens (tertiary/aromatic N) is 1. The average Bonchev–Trinajstić information content (AvgIpc) is 3.15. The van der Waals surface area contributed by atoms with Gasteiger partial charge in [0, 0.05) is 35.2 Å². The quantitative estimate of drug-likeness (QED) is 0.597. The molecule has 1 aromatic heterocycles. The fraction of sp³-hybridized carbons (Fsp3) is 0.348. The van der Waals surface area contributed by atoms with Gasteiger partial charge in [0.25, 0.3) is 0 Å². The average molecular weight is 383 g/mol. The third-order valence-corrected chi connectivity index (χ3v) is 4.69. The SMILES string of the molecule is CCc1c[nH]c2ccccc12.COc1cccc(CN(C=O)C(C)C)c1OC. The number of carbonyl (C=O) groups excluding carboxylic acids is 1. The zero-order valence-corrected chi connectivity index (χ0v) is 17.4. The Bertz CT molecular complexity index is 886. The zero-order valence-electron chi connectivity index (χ0n) is 17.4. The van der Waals surface area contributed by atoms with E-state index in [9.17, 15) is 4.79 Å². The van der Waals surface area contributed by atoms with Crippen LogP contribution in [0.4, 0.5) is 0 Å². The van der Waals surface area contributed by atoms with Gasteiger partial charge in [-0.15, -0.1) is 0 Å². The van der Waals surface area contributed by atoms with Gasteiger partial charge in [-0.2, -0.15) is 0 Å². The van der Waals surface area contributed by atoms with Gasteiger partial charge in [0.2, 0.25) is 6.41 Å². The number of hydrogen-bond donors (Lipinski definition) is 1. The lowest BCUT2D eigenvalue weighted by molar-refractivity contribution is -0.120. The van der Waals surface area contributed by atoms with Crippen LogP contribution in [0.25, 0.3) is 10.9 Å². The zero-order chi connectivity index (χ0) is 20.5. The highest BCUT2D eigenvalue weighted by Gasteiger charge is 2.14. The molecule has 0 spiro atoms. The van der Waals surface area contributed by atoms with Gasteiger partial charge in [0.1, 0.15) is 0 Å². The summed E-state index contributed by atoms with van der Waals surface area (Å²) < 4.78 is 10.5. The van der Waals surface area contributed by atoms with Crippen molar-refractivity contribution in [1.29, 1.82) is 0 Å². The second-order valence-corrected chi connectivity index (χ2v) is 6.74. The number of carbonyl (C=O) groups is 1. The first kappa shape index (κ1) is 21.4. The molecule has 1 N–H and O–H groups in total. The van der Waals surface area contributed by atoms with Crippen molar-refractivity contribution in [3.8, 4) is 11.5 Å². The Labute approximate surface area is 167 Å². The lowest BCUT2D eigenvalue weighted by Gasteiger charge is -2.23. The number of nitrogens with one attached hydrogen (secondary N) is 1. The van der Waals surface area contributed by atoms with Crippen molar-refractivity contribution in [1.82, 2.24) is 9.88 Å². The molecule has 5 nitrogen and oxygen atoms in total. The predicted molar refractivity (Wildman–Crippen MR) is 114 cm³/mol. The molecule has 0 unspecified atom stereocenters. The molecule has 0 radical (unpaired) electrons. The third kappa shape index (κ3) is 5.06. The molecular weight excluding hydrogens is 352 g/mol. The number of hydrogen-bond acceptors (Lipinski definition) is 3. The topological polar surface area (TPSA) is 54.6 Å². The van der Waals surface area contributed by atoms with E-state index in [1.165, 1.54) is 16.5 Å². The summed E-state index contributed by atoms with van der Waals surface area (Å²) in [5.74, 6) is 1.36. The van der Waals surface area contributed by atoms with E-state index in [0.29, 0.717) is 18.0 Å². The molecule has 0 fully saturated rings. The molecule has 0 bridgehead atoms. The summed E-state index contributed by atoms with van der Waals surface area (Å²) in [5.41, 5.74) is 3.58. The molecule has 0 saturated heterocycles. The van der Waals surface area contributed by atoms with Crippen LogP contribution in [0, 0.1) is 0 Å². The Morgan fingerprint density at radius 1 is 1.04 bits per heavy atom. The number of amides is 1. The van der Waals surface area contributed by atoms with Crippen LogP contribution in [0.3, 0.4) is 0 Å². The van der Waals surface area contributed by atoms with Crippen molar-refractivity contribution in [2.75, 3.05) is 14.2 Å². The van der Waals surface area contributed by atoms with E-state index in [4.69, 9.17) is 9.47 Å². The molecule has 1 amide bonds. The maximum Gasteiger partial charge on any atom is 0.210 e. The van der Waals surface area contributed by atoms with E-state index in [0.717, 1.165) is 18.4 Å². The number of para-hydroxylation sites is 2. The first-order valence-electron chi connectivity index (χ1n) is 9.51. The van der Waals surface area contributed by atoms with Crippen LogP contribution in [0.2, 0.25) is 0 Å². The summed E-state index contributed by atoms with van der Waals surface area (Å²) in [6.45, 7) is 6.64. The minimum Gasteiger partial charge on any atom is -0.493 e. The Hall–Kier alpha value is -2.95.